The smallest absolute Gasteiger partial charge is 0.335 e. The molecule has 23 heavy (non-hydrogen) atoms. The number of morpholine rings is 1. The number of amides is 2. The summed E-state index contributed by atoms with van der Waals surface area (Å²) >= 11 is 3.22. The summed E-state index contributed by atoms with van der Waals surface area (Å²) in [5.41, 5.74) is 0.350. The van der Waals surface area contributed by atoms with Crippen LogP contribution in [0.4, 0.5) is 0 Å². The van der Waals surface area contributed by atoms with Gasteiger partial charge in [-0.1, -0.05) is 15.9 Å². The number of rotatable bonds is 4. The fourth-order valence-corrected chi connectivity index (χ4v) is 2.80. The summed E-state index contributed by atoms with van der Waals surface area (Å²) < 4.78 is 6.05. The normalized spacial score (nSPS) is 17.7. The third-order valence-electron chi connectivity index (χ3n) is 3.40. The molecule has 1 unspecified atom stereocenters. The van der Waals surface area contributed by atoms with E-state index in [2.05, 4.69) is 21.2 Å². The molecule has 1 aliphatic heterocycles. The van der Waals surface area contributed by atoms with Crippen LogP contribution < -0.4 is 5.32 Å². The first kappa shape index (κ1) is 17.4. The highest BCUT2D eigenvalue weighted by Gasteiger charge is 2.25. The van der Waals surface area contributed by atoms with Crippen molar-refractivity contribution in [2.75, 3.05) is 26.2 Å². The van der Waals surface area contributed by atoms with Gasteiger partial charge in [-0.2, -0.15) is 0 Å². The number of ether oxygens (including phenoxy) is 1. The molecule has 1 heterocycles. The van der Waals surface area contributed by atoms with Gasteiger partial charge in [0.25, 0.3) is 5.91 Å². The summed E-state index contributed by atoms with van der Waals surface area (Å²) in [5.74, 6) is -1.51. The summed E-state index contributed by atoms with van der Waals surface area (Å²) in [6.07, 6.45) is -0.275. The number of nitrogens with zero attached hydrogens (tertiary/aromatic N) is 1. The quantitative estimate of drug-likeness (QED) is 0.810. The predicted molar refractivity (Wildman–Crippen MR) is 85.4 cm³/mol. The molecule has 0 radical (unpaired) electrons. The Morgan fingerprint density at radius 3 is 2.70 bits per heavy atom. The minimum atomic E-state index is -1.09. The zero-order valence-electron chi connectivity index (χ0n) is 12.5. The van der Waals surface area contributed by atoms with E-state index in [1.165, 1.54) is 19.1 Å². The topological polar surface area (TPSA) is 95.9 Å². The Hall–Kier alpha value is -1.93. The Morgan fingerprint density at radius 1 is 1.35 bits per heavy atom. The number of benzene rings is 1. The van der Waals surface area contributed by atoms with E-state index in [0.29, 0.717) is 36.3 Å². The maximum Gasteiger partial charge on any atom is 0.335 e. The van der Waals surface area contributed by atoms with Crippen molar-refractivity contribution in [1.29, 1.82) is 0 Å². The van der Waals surface area contributed by atoms with Gasteiger partial charge in [-0.3, -0.25) is 9.59 Å². The third kappa shape index (κ3) is 4.77. The molecule has 0 aromatic heterocycles. The van der Waals surface area contributed by atoms with Crippen LogP contribution in [0.5, 0.6) is 0 Å². The van der Waals surface area contributed by atoms with E-state index in [1.807, 2.05) is 0 Å². The van der Waals surface area contributed by atoms with Crippen molar-refractivity contribution >= 4 is 33.7 Å². The molecule has 1 aromatic carbocycles. The van der Waals surface area contributed by atoms with Crippen LogP contribution in [0.3, 0.4) is 0 Å². The molecule has 0 spiro atoms. The van der Waals surface area contributed by atoms with E-state index >= 15 is 0 Å². The van der Waals surface area contributed by atoms with Crippen LogP contribution in [0.15, 0.2) is 22.7 Å². The molecular weight excluding hydrogens is 368 g/mol. The number of hydrogen-bond donors (Lipinski definition) is 2. The number of carboxylic acid groups (broad SMARTS) is 1. The highest BCUT2D eigenvalue weighted by molar-refractivity contribution is 9.10. The van der Waals surface area contributed by atoms with Crippen LogP contribution in [0.25, 0.3) is 0 Å². The molecular formula is C15H17BrN2O5. The first-order chi connectivity index (χ1) is 10.9. The van der Waals surface area contributed by atoms with E-state index < -0.39 is 5.97 Å². The third-order valence-corrected chi connectivity index (χ3v) is 3.85. The van der Waals surface area contributed by atoms with Crippen LogP contribution in [0, 0.1) is 0 Å². The lowest BCUT2D eigenvalue weighted by molar-refractivity contribution is -0.120. The molecule has 2 rings (SSSR count). The number of aromatic carboxylic acids is 1. The number of halogens is 1. The Kier molecular flexibility index (Phi) is 5.73. The molecule has 1 fully saturated rings. The lowest BCUT2D eigenvalue weighted by Gasteiger charge is -2.33. The largest absolute Gasteiger partial charge is 0.478 e. The predicted octanol–water partition coefficient (Wildman–Crippen LogP) is 1.12. The van der Waals surface area contributed by atoms with Crippen molar-refractivity contribution < 1.29 is 24.2 Å². The first-order valence-electron chi connectivity index (χ1n) is 7.06. The van der Waals surface area contributed by atoms with Gasteiger partial charge < -0.3 is 20.1 Å². The lowest BCUT2D eigenvalue weighted by Crippen LogP contribution is -2.49. The fourth-order valence-electron chi connectivity index (χ4n) is 2.30. The van der Waals surface area contributed by atoms with Crippen LogP contribution in [-0.4, -0.2) is 60.1 Å². The first-order valence-corrected chi connectivity index (χ1v) is 7.85. The van der Waals surface area contributed by atoms with Crippen LogP contribution >= 0.6 is 15.9 Å². The number of hydrogen-bond acceptors (Lipinski definition) is 4. The maximum absolute atomic E-state index is 12.6. The van der Waals surface area contributed by atoms with Crippen molar-refractivity contribution in [1.82, 2.24) is 10.2 Å². The number of carbonyl (C=O) groups excluding carboxylic acids is 2. The molecule has 8 heteroatoms. The maximum atomic E-state index is 12.6. The molecule has 0 saturated carbocycles. The summed E-state index contributed by atoms with van der Waals surface area (Å²) in [6, 6.07) is 4.39. The van der Waals surface area contributed by atoms with Gasteiger partial charge in [0.1, 0.15) is 0 Å². The zero-order valence-corrected chi connectivity index (χ0v) is 14.1. The molecule has 1 atom stereocenters. The van der Waals surface area contributed by atoms with E-state index in [1.54, 1.807) is 11.0 Å². The molecule has 1 saturated heterocycles. The number of nitrogens with one attached hydrogen (secondary N) is 1. The van der Waals surface area contributed by atoms with Crippen LogP contribution in [0.2, 0.25) is 0 Å². The second-order valence-corrected chi connectivity index (χ2v) is 6.13. The SMILES string of the molecule is CC(=O)NCC1CN(C(=O)c2cc(Br)cc(C(=O)O)c2)CCO1. The lowest BCUT2D eigenvalue weighted by atomic mass is 10.1. The molecule has 124 valence electrons. The van der Waals surface area contributed by atoms with E-state index in [4.69, 9.17) is 9.84 Å². The standard InChI is InChI=1S/C15H17BrN2O5/c1-9(19)17-7-13-8-18(2-3-23-13)14(20)10-4-11(15(21)22)6-12(16)5-10/h4-6,13H,2-3,7-8H2,1H3,(H,17,19)(H,21,22). The molecule has 1 aromatic rings. The Balaban J connectivity index is 2.10. The van der Waals surface area contributed by atoms with Gasteiger partial charge >= 0.3 is 5.97 Å². The van der Waals surface area contributed by atoms with Gasteiger partial charge in [0.2, 0.25) is 5.91 Å². The Bertz CT molecular complexity index is 634. The van der Waals surface area contributed by atoms with Gasteiger partial charge in [0.15, 0.2) is 0 Å². The summed E-state index contributed by atoms with van der Waals surface area (Å²) in [4.78, 5) is 36.2. The second kappa shape index (κ2) is 7.56. The summed E-state index contributed by atoms with van der Waals surface area (Å²) in [5, 5.41) is 11.7. The van der Waals surface area contributed by atoms with Crippen molar-refractivity contribution in [3.63, 3.8) is 0 Å². The van der Waals surface area contributed by atoms with Gasteiger partial charge in [-0.25, -0.2) is 4.79 Å². The second-order valence-electron chi connectivity index (χ2n) is 5.21. The van der Waals surface area contributed by atoms with E-state index in [9.17, 15) is 14.4 Å². The average molecular weight is 385 g/mol. The van der Waals surface area contributed by atoms with Crippen molar-refractivity contribution in [3.05, 3.63) is 33.8 Å². The van der Waals surface area contributed by atoms with E-state index in [0.717, 1.165) is 0 Å². The fraction of sp³-hybridized carbons (Fsp3) is 0.400. The molecule has 0 aliphatic carbocycles. The number of carbonyl (C=O) groups is 3. The van der Waals surface area contributed by atoms with Crippen molar-refractivity contribution in [2.24, 2.45) is 0 Å². The Labute approximate surface area is 141 Å². The molecule has 0 bridgehead atoms. The minimum Gasteiger partial charge on any atom is -0.478 e. The summed E-state index contributed by atoms with van der Waals surface area (Å²) in [6.45, 7) is 2.88. The highest BCUT2D eigenvalue weighted by atomic mass is 79.9. The molecule has 2 N–H and O–H groups in total. The summed E-state index contributed by atoms with van der Waals surface area (Å²) in [7, 11) is 0. The highest BCUT2D eigenvalue weighted by Crippen LogP contribution is 2.18. The monoisotopic (exact) mass is 384 g/mol. The van der Waals surface area contributed by atoms with E-state index in [-0.39, 0.29) is 23.5 Å². The van der Waals surface area contributed by atoms with Crippen LogP contribution in [0.1, 0.15) is 27.6 Å². The van der Waals surface area contributed by atoms with Gasteiger partial charge in [-0.05, 0) is 18.2 Å². The van der Waals surface area contributed by atoms with Gasteiger partial charge in [0.05, 0.1) is 18.3 Å². The van der Waals surface area contributed by atoms with Crippen molar-refractivity contribution in [2.45, 2.75) is 13.0 Å². The Morgan fingerprint density at radius 2 is 2.04 bits per heavy atom. The minimum absolute atomic E-state index is 0.0470. The molecule has 1 aliphatic rings. The average Bonchev–Trinajstić information content (AvgIpc) is 2.51. The van der Waals surface area contributed by atoms with Gasteiger partial charge in [-0.15, -0.1) is 0 Å². The molecule has 7 nitrogen and oxygen atoms in total. The van der Waals surface area contributed by atoms with Crippen LogP contribution in [-0.2, 0) is 9.53 Å². The molecule has 2 amide bonds. The number of carboxylic acids is 1. The van der Waals surface area contributed by atoms with Crippen molar-refractivity contribution in [3.8, 4) is 0 Å². The zero-order chi connectivity index (χ0) is 17.0. The van der Waals surface area contributed by atoms with Gasteiger partial charge in [0, 0.05) is 36.6 Å².